The molecule has 0 amide bonds. The van der Waals surface area contributed by atoms with Crippen molar-refractivity contribution in [2.45, 2.75) is 60.7 Å². The Morgan fingerprint density at radius 3 is 1.74 bits per heavy atom. The van der Waals surface area contributed by atoms with E-state index in [2.05, 4.69) is 0 Å². The largest absolute Gasteiger partial charge is 0.394 e. The van der Waals surface area contributed by atoms with Crippen LogP contribution in [0.15, 0.2) is 0 Å². The second-order valence-corrected chi connectivity index (χ2v) is 5.77. The summed E-state index contributed by atoms with van der Waals surface area (Å²) < 4.78 is 10.1. The Morgan fingerprint density at radius 1 is 0.696 bits per heavy atom. The highest BCUT2D eigenvalue weighted by molar-refractivity contribution is 5.05. The summed E-state index contributed by atoms with van der Waals surface area (Å²) in [6, 6.07) is 0. The molecule has 136 valence electrons. The van der Waals surface area contributed by atoms with Crippen molar-refractivity contribution in [1.82, 2.24) is 0 Å². The fourth-order valence-corrected chi connectivity index (χ4v) is 2.86. The quantitative estimate of drug-likeness (QED) is 0.236. The Hall–Kier alpha value is -0.440. The molecule has 11 heteroatoms. The Labute approximate surface area is 130 Å². The molecule has 0 aliphatic carbocycles. The molecule has 10 atom stereocenters. The van der Waals surface area contributed by atoms with E-state index in [0.29, 0.717) is 0 Å². The summed E-state index contributed by atoms with van der Waals surface area (Å²) in [4.78, 5) is 0. The predicted molar refractivity (Wildman–Crippen MR) is 68.7 cm³/mol. The van der Waals surface area contributed by atoms with E-state index >= 15 is 0 Å². The second-order valence-electron chi connectivity index (χ2n) is 5.77. The first-order valence-corrected chi connectivity index (χ1v) is 7.04. The minimum atomic E-state index is -2.82. The molecular formula is C12H22O11. The Morgan fingerprint density at radius 2 is 1.22 bits per heavy atom. The van der Waals surface area contributed by atoms with E-state index in [-0.39, 0.29) is 0 Å². The van der Waals surface area contributed by atoms with E-state index in [0.717, 1.165) is 0 Å². The van der Waals surface area contributed by atoms with E-state index in [4.69, 9.17) is 19.7 Å². The summed E-state index contributed by atoms with van der Waals surface area (Å²) in [5, 5.41) is 87.7. The number of ether oxygens (including phenoxy) is 2. The van der Waals surface area contributed by atoms with Crippen molar-refractivity contribution in [2.24, 2.45) is 0 Å². The van der Waals surface area contributed by atoms with Gasteiger partial charge in [0.25, 0.3) is 0 Å². The van der Waals surface area contributed by atoms with Gasteiger partial charge in [0, 0.05) is 0 Å². The average molecular weight is 342 g/mol. The van der Waals surface area contributed by atoms with Gasteiger partial charge in [0.2, 0.25) is 5.79 Å². The van der Waals surface area contributed by atoms with Gasteiger partial charge in [-0.2, -0.15) is 0 Å². The van der Waals surface area contributed by atoms with Gasteiger partial charge in [0.1, 0.15) is 54.9 Å². The highest BCUT2D eigenvalue weighted by Gasteiger charge is 2.62. The molecule has 2 aliphatic rings. The first-order valence-electron chi connectivity index (χ1n) is 7.04. The maximum atomic E-state index is 10.5. The fraction of sp³-hybridized carbons (Fsp3) is 1.00. The molecule has 11 nitrogen and oxygen atoms in total. The molecule has 0 saturated carbocycles. The van der Waals surface area contributed by atoms with Gasteiger partial charge in [-0.3, -0.25) is 0 Å². The number of rotatable bonds is 3. The summed E-state index contributed by atoms with van der Waals surface area (Å²) in [6.07, 6.45) is -16.1. The standard InChI is InChI=1S/C12H22O11/c13-1-3-5(15)7(17)9(19)11(22-3)12(21)10(20)8(18)6(16)4(2-14)23-12/h3-11,13-21H,1-2H2. The van der Waals surface area contributed by atoms with E-state index < -0.39 is 73.9 Å². The summed E-state index contributed by atoms with van der Waals surface area (Å²) in [5.41, 5.74) is 0. The first kappa shape index (κ1) is 18.9. The van der Waals surface area contributed by atoms with Crippen molar-refractivity contribution in [3.8, 4) is 0 Å². The van der Waals surface area contributed by atoms with E-state index in [9.17, 15) is 35.7 Å². The van der Waals surface area contributed by atoms with Crippen LogP contribution in [0, 0.1) is 0 Å². The molecular weight excluding hydrogens is 320 g/mol. The maximum Gasteiger partial charge on any atom is 0.225 e. The molecule has 2 fully saturated rings. The molecule has 0 bridgehead atoms. The zero-order valence-electron chi connectivity index (χ0n) is 12.0. The Balaban J connectivity index is 2.33. The third-order valence-electron chi connectivity index (χ3n) is 4.30. The van der Waals surface area contributed by atoms with Crippen molar-refractivity contribution in [3.63, 3.8) is 0 Å². The molecule has 9 N–H and O–H groups in total. The lowest BCUT2D eigenvalue weighted by Crippen LogP contribution is -2.75. The molecule has 2 saturated heterocycles. The molecule has 0 aromatic carbocycles. The molecule has 10 unspecified atom stereocenters. The number of hydrogen-bond donors (Lipinski definition) is 9. The third-order valence-corrected chi connectivity index (χ3v) is 4.30. The van der Waals surface area contributed by atoms with Crippen molar-refractivity contribution >= 4 is 0 Å². The summed E-state index contributed by atoms with van der Waals surface area (Å²) in [6.45, 7) is -1.60. The first-order chi connectivity index (χ1) is 10.7. The van der Waals surface area contributed by atoms with E-state index in [1.165, 1.54) is 0 Å². The van der Waals surface area contributed by atoms with Crippen LogP contribution in [0.1, 0.15) is 0 Å². The van der Waals surface area contributed by atoms with Gasteiger partial charge >= 0.3 is 0 Å². The van der Waals surface area contributed by atoms with Crippen molar-refractivity contribution in [3.05, 3.63) is 0 Å². The molecule has 0 spiro atoms. The van der Waals surface area contributed by atoms with Crippen LogP contribution >= 0.6 is 0 Å². The zero-order chi connectivity index (χ0) is 17.5. The minimum absolute atomic E-state index is 0.776. The summed E-state index contributed by atoms with van der Waals surface area (Å²) in [7, 11) is 0. The SMILES string of the molecule is OCC1OC(C2(O)OC(CO)C(O)C(O)C2O)C(O)C(O)C1O. The van der Waals surface area contributed by atoms with Crippen LogP contribution in [0.5, 0.6) is 0 Å². The van der Waals surface area contributed by atoms with Gasteiger partial charge < -0.3 is 55.4 Å². The van der Waals surface area contributed by atoms with Crippen LogP contribution in [-0.4, -0.2) is 120 Å². The highest BCUT2D eigenvalue weighted by Crippen LogP contribution is 2.37. The molecule has 0 aromatic heterocycles. The van der Waals surface area contributed by atoms with Gasteiger partial charge in [0.15, 0.2) is 0 Å². The van der Waals surface area contributed by atoms with Crippen molar-refractivity contribution < 1.29 is 55.4 Å². The van der Waals surface area contributed by atoms with Crippen LogP contribution in [0.25, 0.3) is 0 Å². The van der Waals surface area contributed by atoms with Crippen LogP contribution in [0.3, 0.4) is 0 Å². The fourth-order valence-electron chi connectivity index (χ4n) is 2.86. The van der Waals surface area contributed by atoms with Crippen LogP contribution in [0.4, 0.5) is 0 Å². The molecule has 2 rings (SSSR count). The second kappa shape index (κ2) is 6.82. The van der Waals surface area contributed by atoms with Crippen molar-refractivity contribution in [1.29, 1.82) is 0 Å². The third kappa shape index (κ3) is 2.99. The zero-order valence-corrected chi connectivity index (χ0v) is 12.0. The van der Waals surface area contributed by atoms with Crippen LogP contribution in [0.2, 0.25) is 0 Å². The lowest BCUT2D eigenvalue weighted by molar-refractivity contribution is -0.406. The van der Waals surface area contributed by atoms with Gasteiger partial charge in [0.05, 0.1) is 13.2 Å². The van der Waals surface area contributed by atoms with Gasteiger partial charge in [-0.05, 0) is 0 Å². The monoisotopic (exact) mass is 342 g/mol. The molecule has 2 aliphatic heterocycles. The molecule has 0 radical (unpaired) electrons. The summed E-state index contributed by atoms with van der Waals surface area (Å²) >= 11 is 0. The van der Waals surface area contributed by atoms with Gasteiger partial charge in [-0.25, -0.2) is 0 Å². The average Bonchev–Trinajstić information content (AvgIpc) is 2.54. The molecule has 2 heterocycles. The normalized spacial score (nSPS) is 54.9. The molecule has 0 aromatic rings. The topological polar surface area (TPSA) is 201 Å². The molecule has 23 heavy (non-hydrogen) atoms. The summed E-state index contributed by atoms with van der Waals surface area (Å²) in [5.74, 6) is -2.82. The smallest absolute Gasteiger partial charge is 0.225 e. The lowest BCUT2D eigenvalue weighted by Gasteiger charge is -2.52. The van der Waals surface area contributed by atoms with Crippen LogP contribution in [-0.2, 0) is 9.47 Å². The van der Waals surface area contributed by atoms with E-state index in [1.54, 1.807) is 0 Å². The number of aliphatic hydroxyl groups is 9. The minimum Gasteiger partial charge on any atom is -0.394 e. The maximum absolute atomic E-state index is 10.5. The van der Waals surface area contributed by atoms with Gasteiger partial charge in [-0.15, -0.1) is 0 Å². The number of aliphatic hydroxyl groups excluding tert-OH is 8. The van der Waals surface area contributed by atoms with Crippen molar-refractivity contribution in [2.75, 3.05) is 13.2 Å². The lowest BCUT2D eigenvalue weighted by atomic mass is 9.83. The Bertz CT molecular complexity index is 404. The van der Waals surface area contributed by atoms with Crippen LogP contribution < -0.4 is 0 Å². The highest BCUT2D eigenvalue weighted by atomic mass is 16.7. The van der Waals surface area contributed by atoms with E-state index in [1.807, 2.05) is 0 Å². The number of hydrogen-bond acceptors (Lipinski definition) is 11. The Kier molecular flexibility index (Phi) is 5.60. The predicted octanol–water partition coefficient (Wildman–Crippen LogP) is -6.01. The van der Waals surface area contributed by atoms with Gasteiger partial charge in [-0.1, -0.05) is 0 Å².